The smallest absolute Gasteiger partial charge is 0.332 e. The van der Waals surface area contributed by atoms with E-state index >= 15 is 0 Å². The Balaban J connectivity index is 1.43. The molecule has 0 saturated heterocycles. The van der Waals surface area contributed by atoms with Gasteiger partial charge < -0.3 is 20.2 Å². The summed E-state index contributed by atoms with van der Waals surface area (Å²) in [5, 5.41) is 17.5. The summed E-state index contributed by atoms with van der Waals surface area (Å²) in [7, 11) is -1.21. The molecule has 4 aromatic rings. The molecule has 1 aliphatic carbocycles. The molecule has 43 heavy (non-hydrogen) atoms. The lowest BCUT2D eigenvalue weighted by Crippen LogP contribution is -2.67. The Morgan fingerprint density at radius 2 is 1.53 bits per heavy atom. The lowest BCUT2D eigenvalue weighted by molar-refractivity contribution is -0.385. The minimum absolute atomic E-state index is 0.00181. The first-order valence-corrected chi connectivity index (χ1v) is 16.4. The van der Waals surface area contributed by atoms with Crippen LogP contribution < -0.4 is 26.2 Å². The lowest BCUT2D eigenvalue weighted by atomic mass is 9.84. The predicted molar refractivity (Wildman–Crippen MR) is 171 cm³/mol. The third-order valence-corrected chi connectivity index (χ3v) is 13.2. The van der Waals surface area contributed by atoms with Crippen LogP contribution in [0.5, 0.6) is 5.88 Å². The molecule has 0 unspecified atom stereocenters. The second-order valence-corrected chi connectivity index (χ2v) is 16.1. The van der Waals surface area contributed by atoms with Gasteiger partial charge in [-0.25, -0.2) is 9.97 Å². The van der Waals surface area contributed by atoms with Crippen molar-refractivity contribution in [3.05, 3.63) is 94.8 Å². The van der Waals surface area contributed by atoms with E-state index in [0.29, 0.717) is 30.1 Å². The lowest BCUT2D eigenvalue weighted by Gasteiger charge is -2.46. The highest BCUT2D eigenvalue weighted by molar-refractivity contribution is 6.99. The fourth-order valence-corrected chi connectivity index (χ4v) is 10.9. The largest absolute Gasteiger partial charge is 0.480 e. The molecule has 11 heteroatoms. The Morgan fingerprint density at radius 1 is 0.930 bits per heavy atom. The van der Waals surface area contributed by atoms with Crippen LogP contribution in [0.15, 0.2) is 79.0 Å². The van der Waals surface area contributed by atoms with Crippen LogP contribution in [-0.2, 0) is 4.43 Å². The molecule has 2 aromatic carbocycles. The van der Waals surface area contributed by atoms with Crippen LogP contribution in [0, 0.1) is 10.1 Å². The van der Waals surface area contributed by atoms with Gasteiger partial charge in [-0.15, -0.1) is 0 Å². The highest BCUT2D eigenvalue weighted by atomic mass is 28.4. The number of ether oxygens (including phenoxy) is 1. The second-order valence-electron chi connectivity index (χ2n) is 11.9. The fourth-order valence-electron chi connectivity index (χ4n) is 6.18. The zero-order valence-corrected chi connectivity index (χ0v) is 26.0. The summed E-state index contributed by atoms with van der Waals surface area (Å²) in [4.78, 5) is 24.6. The zero-order valence-electron chi connectivity index (χ0n) is 25.0. The average Bonchev–Trinajstić information content (AvgIpc) is 3.00. The first kappa shape index (κ1) is 30.1. The van der Waals surface area contributed by atoms with Crippen molar-refractivity contribution >= 4 is 41.8 Å². The Labute approximate surface area is 253 Å². The van der Waals surface area contributed by atoms with Gasteiger partial charge in [-0.05, 0) is 53.2 Å². The van der Waals surface area contributed by atoms with E-state index in [0.717, 1.165) is 12.8 Å². The van der Waals surface area contributed by atoms with Gasteiger partial charge in [-0.2, -0.15) is 4.98 Å². The normalized spacial score (nSPS) is 17.3. The molecule has 0 radical (unpaired) electrons. The number of pyridine rings is 1. The molecule has 2 aromatic heterocycles. The summed E-state index contributed by atoms with van der Waals surface area (Å²) < 4.78 is 12.7. The number of rotatable bonds is 9. The number of nitrogens with two attached hydrogens (primary N) is 1. The van der Waals surface area contributed by atoms with Crippen molar-refractivity contribution in [2.45, 2.75) is 63.5 Å². The number of aromatic nitrogens is 3. The Bertz CT molecular complexity index is 1520. The fraction of sp³-hybridized carbons (Fsp3) is 0.344. The molecular formula is C32H38N6O4Si. The number of nitrogens with one attached hydrogen (secondary N) is 1. The molecule has 2 heterocycles. The van der Waals surface area contributed by atoms with E-state index in [9.17, 15) is 10.1 Å². The van der Waals surface area contributed by atoms with Crippen molar-refractivity contribution in [1.29, 1.82) is 0 Å². The van der Waals surface area contributed by atoms with Gasteiger partial charge >= 0.3 is 5.69 Å². The number of nitrogens with zero attached hydrogens (tertiary/aromatic N) is 4. The van der Waals surface area contributed by atoms with Crippen LogP contribution in [-0.4, -0.2) is 41.4 Å². The van der Waals surface area contributed by atoms with E-state index in [4.69, 9.17) is 14.9 Å². The molecule has 0 aliphatic heterocycles. The molecule has 0 amide bonds. The van der Waals surface area contributed by atoms with Gasteiger partial charge in [0.2, 0.25) is 17.6 Å². The van der Waals surface area contributed by atoms with Crippen LogP contribution in [0.25, 0.3) is 0 Å². The molecule has 1 aliphatic rings. The van der Waals surface area contributed by atoms with Crippen LogP contribution in [0.4, 0.5) is 23.1 Å². The molecule has 10 nitrogen and oxygen atoms in total. The topological polar surface area (TPSA) is 138 Å². The van der Waals surface area contributed by atoms with Crippen LogP contribution in [0.2, 0.25) is 5.04 Å². The van der Waals surface area contributed by atoms with Gasteiger partial charge in [-0.3, -0.25) is 10.1 Å². The minimum atomic E-state index is -2.72. The maximum absolute atomic E-state index is 12.1. The molecule has 0 atom stereocenters. The average molecular weight is 599 g/mol. The van der Waals surface area contributed by atoms with Gasteiger partial charge in [-0.1, -0.05) is 81.4 Å². The van der Waals surface area contributed by atoms with Crippen molar-refractivity contribution in [1.82, 2.24) is 15.0 Å². The second kappa shape index (κ2) is 12.5. The predicted octanol–water partition coefficient (Wildman–Crippen LogP) is 5.72. The van der Waals surface area contributed by atoms with Crippen molar-refractivity contribution in [2.75, 3.05) is 18.2 Å². The molecular weight excluding hydrogens is 560 g/mol. The Morgan fingerprint density at radius 3 is 2.07 bits per heavy atom. The number of nitro groups is 1. The maximum Gasteiger partial charge on any atom is 0.332 e. The van der Waals surface area contributed by atoms with E-state index in [1.54, 1.807) is 18.3 Å². The van der Waals surface area contributed by atoms with E-state index in [-0.39, 0.29) is 34.5 Å². The number of benzene rings is 2. The summed E-state index contributed by atoms with van der Waals surface area (Å²) in [5.41, 5.74) is 6.78. The SMILES string of the molecule is COc1ncccc1Nc1nc(N)c([N+](=O)[O-])c([C@H]2CC[C@H](O[Si](c3ccccc3)(c3ccccc3)C(C)(C)C)CC2)n1. The maximum atomic E-state index is 12.1. The van der Waals surface area contributed by atoms with E-state index in [2.05, 4.69) is 89.6 Å². The van der Waals surface area contributed by atoms with Crippen molar-refractivity contribution in [3.63, 3.8) is 0 Å². The first-order valence-electron chi connectivity index (χ1n) is 14.5. The molecule has 0 bridgehead atoms. The van der Waals surface area contributed by atoms with Gasteiger partial charge in [0.25, 0.3) is 8.32 Å². The summed E-state index contributed by atoms with van der Waals surface area (Å²) in [6.45, 7) is 6.80. The van der Waals surface area contributed by atoms with Crippen molar-refractivity contribution in [2.24, 2.45) is 0 Å². The molecule has 1 fully saturated rings. The monoisotopic (exact) mass is 598 g/mol. The molecule has 224 valence electrons. The molecule has 0 spiro atoms. The number of hydrogen-bond donors (Lipinski definition) is 2. The van der Waals surface area contributed by atoms with E-state index < -0.39 is 13.2 Å². The van der Waals surface area contributed by atoms with Crippen LogP contribution >= 0.6 is 0 Å². The summed E-state index contributed by atoms with van der Waals surface area (Å²) in [6, 6.07) is 24.7. The third kappa shape index (κ3) is 6.09. The number of hydrogen-bond acceptors (Lipinski definition) is 9. The Kier molecular flexibility index (Phi) is 8.74. The molecule has 5 rings (SSSR count). The van der Waals surface area contributed by atoms with Crippen molar-refractivity contribution < 1.29 is 14.1 Å². The summed E-state index contributed by atoms with van der Waals surface area (Å²) in [6.07, 6.45) is 4.45. The van der Waals surface area contributed by atoms with Crippen molar-refractivity contribution in [3.8, 4) is 5.88 Å². The summed E-state index contributed by atoms with van der Waals surface area (Å²) >= 11 is 0. The number of nitrogen functional groups attached to an aromatic ring is 1. The zero-order chi connectivity index (χ0) is 30.6. The first-order chi connectivity index (χ1) is 20.6. The van der Waals surface area contributed by atoms with Gasteiger partial charge in [0, 0.05) is 18.2 Å². The van der Waals surface area contributed by atoms with Gasteiger partial charge in [0.05, 0.1) is 12.0 Å². The number of methoxy groups -OCH3 is 1. The van der Waals surface area contributed by atoms with Gasteiger partial charge in [0.1, 0.15) is 11.4 Å². The van der Waals surface area contributed by atoms with Crippen LogP contribution in [0.1, 0.15) is 58.1 Å². The number of anilines is 3. The standard InChI is InChI=1S/C32H38N6O4Si/c1-32(2,3)43(24-12-7-5-8-13-24,25-14-9-6-10-15-25)42-23-19-17-22(18-20-23)27-28(38(39)40)29(33)37-31(36-27)35-26-16-11-21-34-30(26)41-4/h5-16,21-23H,17-20H2,1-4H3,(H3,33,35,36,37)/t22-,23-. The summed E-state index contributed by atoms with van der Waals surface area (Å²) in [5.74, 6) is 0.174. The quantitative estimate of drug-likeness (QED) is 0.141. The Hall–Kier alpha value is -4.35. The van der Waals surface area contributed by atoms with Gasteiger partial charge in [0.15, 0.2) is 0 Å². The molecule has 3 N–H and O–H groups in total. The molecule has 1 saturated carbocycles. The minimum Gasteiger partial charge on any atom is -0.480 e. The van der Waals surface area contributed by atoms with E-state index in [1.807, 2.05) is 12.1 Å². The van der Waals surface area contributed by atoms with E-state index in [1.165, 1.54) is 17.5 Å². The highest BCUT2D eigenvalue weighted by Gasteiger charge is 2.51. The highest BCUT2D eigenvalue weighted by Crippen LogP contribution is 2.43. The third-order valence-electron chi connectivity index (χ3n) is 8.15. The van der Waals surface area contributed by atoms with Crippen LogP contribution in [0.3, 0.4) is 0 Å².